The van der Waals surface area contributed by atoms with Gasteiger partial charge >= 0.3 is 0 Å². The largest absolute Gasteiger partial charge is 0.335 e. The Morgan fingerprint density at radius 2 is 2.00 bits per heavy atom. The van der Waals surface area contributed by atoms with Gasteiger partial charge in [-0.05, 0) is 34.0 Å². The second-order valence-corrected chi connectivity index (χ2v) is 6.14. The second kappa shape index (κ2) is 6.48. The van der Waals surface area contributed by atoms with Gasteiger partial charge in [-0.1, -0.05) is 19.9 Å². The molecule has 0 radical (unpaired) electrons. The molecule has 1 aromatic rings. The summed E-state index contributed by atoms with van der Waals surface area (Å²) in [5.74, 6) is 0.708. The molecule has 0 saturated carbocycles. The maximum atomic E-state index is 12.3. The molecule has 1 saturated heterocycles. The first-order valence-electron chi connectivity index (χ1n) is 6.70. The topological polar surface area (TPSA) is 36.4 Å². The molecule has 2 heterocycles. The van der Waals surface area contributed by atoms with Crippen molar-refractivity contribution in [2.45, 2.75) is 13.8 Å². The molecule has 1 aliphatic rings. The molecule has 2 rings (SSSR count). The molecule has 0 atom stereocenters. The number of halogens is 1. The number of piperazine rings is 1. The van der Waals surface area contributed by atoms with E-state index in [9.17, 15) is 4.79 Å². The summed E-state index contributed by atoms with van der Waals surface area (Å²) in [5, 5.41) is 0. The van der Waals surface area contributed by atoms with Crippen LogP contribution in [0.5, 0.6) is 0 Å². The number of pyridine rings is 1. The van der Waals surface area contributed by atoms with Gasteiger partial charge < -0.3 is 4.90 Å². The van der Waals surface area contributed by atoms with Crippen LogP contribution in [0, 0.1) is 5.92 Å². The highest BCUT2D eigenvalue weighted by molar-refractivity contribution is 9.10. The molecule has 1 fully saturated rings. The molecular weight excluding hydrogens is 306 g/mol. The molecule has 1 aliphatic heterocycles. The third-order valence-corrected chi connectivity index (χ3v) is 3.66. The lowest BCUT2D eigenvalue weighted by Gasteiger charge is -2.35. The highest BCUT2D eigenvalue weighted by Crippen LogP contribution is 2.11. The Bertz CT molecular complexity index is 442. The van der Waals surface area contributed by atoms with E-state index in [1.54, 1.807) is 6.07 Å². The molecule has 19 heavy (non-hydrogen) atoms. The van der Waals surface area contributed by atoms with E-state index in [1.807, 2.05) is 17.0 Å². The van der Waals surface area contributed by atoms with Gasteiger partial charge in [0.1, 0.15) is 10.3 Å². The number of aromatic nitrogens is 1. The number of hydrogen-bond acceptors (Lipinski definition) is 3. The predicted molar refractivity (Wildman–Crippen MR) is 79.1 cm³/mol. The van der Waals surface area contributed by atoms with Crippen molar-refractivity contribution in [1.29, 1.82) is 0 Å². The molecule has 0 bridgehead atoms. The van der Waals surface area contributed by atoms with E-state index in [0.29, 0.717) is 16.2 Å². The first-order valence-corrected chi connectivity index (χ1v) is 7.50. The van der Waals surface area contributed by atoms with Crippen molar-refractivity contribution in [3.05, 3.63) is 28.5 Å². The molecule has 0 spiro atoms. The fraction of sp³-hybridized carbons (Fsp3) is 0.571. The molecule has 0 unspecified atom stereocenters. The monoisotopic (exact) mass is 325 g/mol. The van der Waals surface area contributed by atoms with Gasteiger partial charge in [-0.3, -0.25) is 9.69 Å². The van der Waals surface area contributed by atoms with Crippen LogP contribution in [0.15, 0.2) is 22.8 Å². The molecular formula is C14H20BrN3O. The Morgan fingerprint density at radius 3 is 2.58 bits per heavy atom. The van der Waals surface area contributed by atoms with Crippen LogP contribution < -0.4 is 0 Å². The van der Waals surface area contributed by atoms with Crippen molar-refractivity contribution in [3.63, 3.8) is 0 Å². The molecule has 1 amide bonds. The van der Waals surface area contributed by atoms with E-state index in [0.717, 1.165) is 32.7 Å². The number of amides is 1. The number of carbonyl (C=O) groups is 1. The van der Waals surface area contributed by atoms with Crippen molar-refractivity contribution < 1.29 is 4.79 Å². The number of carbonyl (C=O) groups excluding carboxylic acids is 1. The zero-order chi connectivity index (χ0) is 13.8. The smallest absolute Gasteiger partial charge is 0.272 e. The average Bonchev–Trinajstić information content (AvgIpc) is 2.38. The van der Waals surface area contributed by atoms with E-state index in [-0.39, 0.29) is 5.91 Å². The summed E-state index contributed by atoms with van der Waals surface area (Å²) in [5.41, 5.74) is 0.520. The lowest BCUT2D eigenvalue weighted by atomic mass is 10.2. The third kappa shape index (κ3) is 4.01. The number of rotatable bonds is 3. The Labute approximate surface area is 122 Å². The minimum absolute atomic E-state index is 0.0329. The van der Waals surface area contributed by atoms with Crippen LogP contribution in [-0.2, 0) is 0 Å². The molecule has 104 valence electrons. The van der Waals surface area contributed by atoms with Crippen molar-refractivity contribution in [2.75, 3.05) is 32.7 Å². The summed E-state index contributed by atoms with van der Waals surface area (Å²) in [6.45, 7) is 9.05. The molecule has 5 heteroatoms. The van der Waals surface area contributed by atoms with Gasteiger partial charge in [-0.2, -0.15) is 0 Å². The SMILES string of the molecule is CC(C)CN1CCN(C(=O)c2cccc(Br)n2)CC1. The van der Waals surface area contributed by atoms with E-state index >= 15 is 0 Å². The van der Waals surface area contributed by atoms with Crippen LogP contribution in [0.3, 0.4) is 0 Å². The van der Waals surface area contributed by atoms with Crippen molar-refractivity contribution >= 4 is 21.8 Å². The Kier molecular flexibility index (Phi) is 4.93. The van der Waals surface area contributed by atoms with Gasteiger partial charge in [-0.15, -0.1) is 0 Å². The third-order valence-electron chi connectivity index (χ3n) is 3.22. The second-order valence-electron chi connectivity index (χ2n) is 5.33. The van der Waals surface area contributed by atoms with Crippen molar-refractivity contribution in [3.8, 4) is 0 Å². The van der Waals surface area contributed by atoms with E-state index in [1.165, 1.54) is 0 Å². The minimum Gasteiger partial charge on any atom is -0.335 e. The van der Waals surface area contributed by atoms with Crippen molar-refractivity contribution in [2.24, 2.45) is 5.92 Å². The summed E-state index contributed by atoms with van der Waals surface area (Å²) in [6.07, 6.45) is 0. The van der Waals surface area contributed by atoms with Crippen LogP contribution in [0.4, 0.5) is 0 Å². The van der Waals surface area contributed by atoms with Gasteiger partial charge in [-0.25, -0.2) is 4.98 Å². The highest BCUT2D eigenvalue weighted by atomic mass is 79.9. The summed E-state index contributed by atoms with van der Waals surface area (Å²) in [6, 6.07) is 5.45. The lowest BCUT2D eigenvalue weighted by molar-refractivity contribution is 0.0618. The Balaban J connectivity index is 1.92. The quantitative estimate of drug-likeness (QED) is 0.800. The average molecular weight is 326 g/mol. The van der Waals surface area contributed by atoms with E-state index in [2.05, 4.69) is 39.7 Å². The lowest BCUT2D eigenvalue weighted by Crippen LogP contribution is -2.49. The maximum absolute atomic E-state index is 12.3. The predicted octanol–water partition coefficient (Wildman–Crippen LogP) is 2.26. The molecule has 0 aromatic carbocycles. The summed E-state index contributed by atoms with van der Waals surface area (Å²) in [4.78, 5) is 20.8. The van der Waals surface area contributed by atoms with Gasteiger partial charge in [0.15, 0.2) is 0 Å². The standard InChI is InChI=1S/C14H20BrN3O/c1-11(2)10-17-6-8-18(9-7-17)14(19)12-4-3-5-13(15)16-12/h3-5,11H,6-10H2,1-2H3. The zero-order valence-electron chi connectivity index (χ0n) is 11.5. The van der Waals surface area contributed by atoms with Gasteiger partial charge in [0.25, 0.3) is 5.91 Å². The molecule has 4 nitrogen and oxygen atoms in total. The maximum Gasteiger partial charge on any atom is 0.272 e. The molecule has 1 aromatic heterocycles. The zero-order valence-corrected chi connectivity index (χ0v) is 13.1. The minimum atomic E-state index is 0.0329. The molecule has 0 aliphatic carbocycles. The fourth-order valence-electron chi connectivity index (χ4n) is 2.34. The van der Waals surface area contributed by atoms with Crippen LogP contribution in [0.1, 0.15) is 24.3 Å². The van der Waals surface area contributed by atoms with Crippen LogP contribution in [0.25, 0.3) is 0 Å². The van der Waals surface area contributed by atoms with Gasteiger partial charge in [0.2, 0.25) is 0 Å². The van der Waals surface area contributed by atoms with E-state index in [4.69, 9.17) is 0 Å². The first-order chi connectivity index (χ1) is 9.06. The van der Waals surface area contributed by atoms with Crippen molar-refractivity contribution in [1.82, 2.24) is 14.8 Å². The summed E-state index contributed by atoms with van der Waals surface area (Å²) in [7, 11) is 0. The number of hydrogen-bond donors (Lipinski definition) is 0. The molecule has 0 N–H and O–H groups in total. The van der Waals surface area contributed by atoms with Crippen LogP contribution in [0.2, 0.25) is 0 Å². The highest BCUT2D eigenvalue weighted by Gasteiger charge is 2.23. The summed E-state index contributed by atoms with van der Waals surface area (Å²) < 4.78 is 0.705. The Hall–Kier alpha value is -0.940. The van der Waals surface area contributed by atoms with Crippen LogP contribution >= 0.6 is 15.9 Å². The van der Waals surface area contributed by atoms with E-state index < -0.39 is 0 Å². The van der Waals surface area contributed by atoms with Gasteiger partial charge in [0.05, 0.1) is 0 Å². The van der Waals surface area contributed by atoms with Crippen LogP contribution in [-0.4, -0.2) is 53.4 Å². The normalized spacial score (nSPS) is 16.9. The summed E-state index contributed by atoms with van der Waals surface area (Å²) >= 11 is 3.30. The number of nitrogens with zero attached hydrogens (tertiary/aromatic N) is 3. The fourth-order valence-corrected chi connectivity index (χ4v) is 2.68. The first kappa shape index (κ1) is 14.5. The van der Waals surface area contributed by atoms with Gasteiger partial charge in [0, 0.05) is 32.7 Å². The Morgan fingerprint density at radius 1 is 1.32 bits per heavy atom.